The third kappa shape index (κ3) is 7.15. The van der Waals surface area contributed by atoms with E-state index in [1.54, 1.807) is 0 Å². The number of aryl methyl sites for hydroxylation is 2. The minimum atomic E-state index is -0.380. The van der Waals surface area contributed by atoms with Crippen molar-refractivity contribution in [2.24, 2.45) is 0 Å². The van der Waals surface area contributed by atoms with Gasteiger partial charge in [0.15, 0.2) is 7.28 Å². The zero-order chi connectivity index (χ0) is 44.7. The maximum atomic E-state index is 4.07. The lowest BCUT2D eigenvalue weighted by atomic mass is 9.56. The molecule has 2 heterocycles. The Hall–Kier alpha value is -7.10. The Bertz CT molecular complexity index is 3140. The molecule has 1 N–H and O–H groups in total. The van der Waals surface area contributed by atoms with Gasteiger partial charge in [0, 0.05) is 39.0 Å². The Morgan fingerprint density at radius 3 is 2.14 bits per heavy atom. The second kappa shape index (κ2) is 17.1. The van der Waals surface area contributed by atoms with Crippen LogP contribution in [-0.2, 0) is 17.3 Å². The van der Waals surface area contributed by atoms with Crippen molar-refractivity contribution < 1.29 is 0 Å². The first-order chi connectivity index (χ1) is 31.7. The highest BCUT2D eigenvalue weighted by Gasteiger charge is 2.43. The van der Waals surface area contributed by atoms with Gasteiger partial charge in [-0.15, -0.1) is 0 Å². The van der Waals surface area contributed by atoms with Gasteiger partial charge in [-0.25, -0.2) is 0 Å². The molecule has 1 atom stereocenters. The van der Waals surface area contributed by atoms with E-state index in [0.717, 1.165) is 24.2 Å². The Morgan fingerprint density at radius 2 is 1.32 bits per heavy atom. The average molecular weight is 840 g/mol. The molecule has 0 aliphatic carbocycles. The van der Waals surface area contributed by atoms with Crippen LogP contribution in [0.25, 0.3) is 22.3 Å². The van der Waals surface area contributed by atoms with Gasteiger partial charge >= 0.3 is 0 Å². The average Bonchev–Trinajstić information content (AvgIpc) is 3.34. The van der Waals surface area contributed by atoms with E-state index < -0.39 is 0 Å². The minimum Gasteiger partial charge on any atom is -0.354 e. The molecule has 0 saturated carbocycles. The lowest BCUT2D eigenvalue weighted by molar-refractivity contribution is 0.587. The highest BCUT2D eigenvalue weighted by molar-refractivity contribution is 6.73. The smallest absolute Gasteiger partial charge is 0.197 e. The van der Waals surface area contributed by atoms with Crippen LogP contribution in [0.3, 0.4) is 0 Å². The van der Waals surface area contributed by atoms with Crippen molar-refractivity contribution in [1.29, 1.82) is 0 Å². The lowest BCUT2D eigenvalue weighted by Gasteiger charge is -2.43. The molecular formula is C62H56BN2. The van der Waals surface area contributed by atoms with Crippen LogP contribution in [0.5, 0.6) is 0 Å². The van der Waals surface area contributed by atoms with Crippen molar-refractivity contribution in [3.63, 3.8) is 0 Å². The molecule has 3 heteroatoms. The van der Waals surface area contributed by atoms with Gasteiger partial charge in [0.2, 0.25) is 0 Å². The van der Waals surface area contributed by atoms with Crippen LogP contribution >= 0.6 is 0 Å². The quantitative estimate of drug-likeness (QED) is 0.109. The van der Waals surface area contributed by atoms with E-state index in [1.807, 2.05) is 0 Å². The molecule has 2 aliphatic rings. The molecule has 0 spiro atoms. The zero-order valence-corrected chi connectivity index (χ0v) is 38.5. The van der Waals surface area contributed by atoms with Crippen LogP contribution in [0.15, 0.2) is 200 Å². The summed E-state index contributed by atoms with van der Waals surface area (Å²) in [5.41, 5.74) is 22.9. The third-order valence-corrected chi connectivity index (χ3v) is 14.1. The number of hydrogen-bond donors (Lipinski definition) is 1. The van der Waals surface area contributed by atoms with Crippen molar-refractivity contribution >= 4 is 46.6 Å². The number of nitrogens with zero attached hydrogens (tertiary/aromatic N) is 1. The van der Waals surface area contributed by atoms with E-state index >= 15 is 0 Å². The zero-order valence-electron chi connectivity index (χ0n) is 38.5. The molecule has 1 radical (unpaired) electrons. The molecule has 2 aliphatic heterocycles. The Morgan fingerprint density at radius 1 is 0.615 bits per heavy atom. The summed E-state index contributed by atoms with van der Waals surface area (Å²) in [6.45, 7) is 13.6. The fourth-order valence-corrected chi connectivity index (χ4v) is 11.0. The number of allylic oxidation sites excluding steroid dienone is 4. The predicted molar refractivity (Wildman–Crippen MR) is 279 cm³/mol. The van der Waals surface area contributed by atoms with Crippen LogP contribution < -0.4 is 21.1 Å². The summed E-state index contributed by atoms with van der Waals surface area (Å²) in [7, 11) is 2.47. The molecule has 317 valence electrons. The number of nitrogens with one attached hydrogen (secondary N) is 1. The largest absolute Gasteiger partial charge is 0.354 e. The van der Waals surface area contributed by atoms with Crippen LogP contribution in [0.4, 0.5) is 28.4 Å². The molecule has 0 saturated heterocycles. The van der Waals surface area contributed by atoms with Crippen LogP contribution in [0.1, 0.15) is 78.6 Å². The molecule has 1 unspecified atom stereocenters. The molecule has 65 heavy (non-hydrogen) atoms. The molecule has 0 aromatic heterocycles. The Balaban J connectivity index is 1.21. The van der Waals surface area contributed by atoms with Gasteiger partial charge in [0.25, 0.3) is 0 Å². The number of anilines is 5. The summed E-state index contributed by atoms with van der Waals surface area (Å²) in [5.74, 6) is 0. The Labute approximate surface area is 387 Å². The van der Waals surface area contributed by atoms with Crippen molar-refractivity contribution in [3.8, 4) is 22.3 Å². The van der Waals surface area contributed by atoms with E-state index in [1.165, 1.54) is 94.7 Å². The standard InChI is InChI=1S/C62H56BN2/c1-7-9-10-12-27-45-28-16-19-32-51(45)62(8-2)52-33-20-21-35-55(52)64-60-48(30-23-34-53(60)62)49-39-42(3)40-58-59(49)63-54-41-46(61(5,6)50-31-18-15-24-43(50)4)37-38-57(54)65(58)56-36-22-17-29-47(56)44-25-13-11-14-26-44/h7,9-26,28-41,64H,8,27H2,1-6H3/b9-7-,12-10-. The van der Waals surface area contributed by atoms with E-state index in [-0.39, 0.29) is 10.8 Å². The summed E-state index contributed by atoms with van der Waals surface area (Å²) in [5, 5.41) is 4.07. The van der Waals surface area contributed by atoms with Crippen LogP contribution in [0.2, 0.25) is 0 Å². The number of rotatable bonds is 10. The highest BCUT2D eigenvalue weighted by atomic mass is 15.2. The molecule has 0 bridgehead atoms. The summed E-state index contributed by atoms with van der Waals surface area (Å²) in [6, 6.07) is 65.6. The first-order valence-electron chi connectivity index (χ1n) is 23.3. The number of hydrogen-bond acceptors (Lipinski definition) is 2. The summed E-state index contributed by atoms with van der Waals surface area (Å²) >= 11 is 0. The molecule has 10 rings (SSSR count). The fourth-order valence-electron chi connectivity index (χ4n) is 11.0. The van der Waals surface area contributed by atoms with Gasteiger partial charge in [-0.2, -0.15) is 0 Å². The second-order valence-corrected chi connectivity index (χ2v) is 18.3. The molecule has 8 aromatic carbocycles. The van der Waals surface area contributed by atoms with Gasteiger partial charge in [-0.1, -0.05) is 202 Å². The monoisotopic (exact) mass is 839 g/mol. The molecule has 2 nitrogen and oxygen atoms in total. The van der Waals surface area contributed by atoms with Crippen molar-refractivity contribution in [3.05, 3.63) is 245 Å². The topological polar surface area (TPSA) is 15.3 Å². The maximum Gasteiger partial charge on any atom is 0.197 e. The van der Waals surface area contributed by atoms with Gasteiger partial charge in [-0.3, -0.25) is 0 Å². The number of benzene rings is 8. The lowest BCUT2D eigenvalue weighted by Crippen LogP contribution is -2.42. The van der Waals surface area contributed by atoms with Crippen molar-refractivity contribution in [2.45, 2.75) is 65.2 Å². The molecule has 0 fully saturated rings. The van der Waals surface area contributed by atoms with Gasteiger partial charge < -0.3 is 10.2 Å². The van der Waals surface area contributed by atoms with E-state index in [4.69, 9.17) is 0 Å². The van der Waals surface area contributed by atoms with Crippen LogP contribution in [0, 0.1) is 13.8 Å². The molecular weight excluding hydrogens is 784 g/mol. The Kier molecular flexibility index (Phi) is 11.0. The second-order valence-electron chi connectivity index (χ2n) is 18.3. The number of para-hydroxylation sites is 3. The van der Waals surface area contributed by atoms with E-state index in [9.17, 15) is 0 Å². The van der Waals surface area contributed by atoms with E-state index in [2.05, 4.69) is 259 Å². The number of fused-ring (bicyclic) bond motifs is 4. The van der Waals surface area contributed by atoms with Crippen LogP contribution in [-0.4, -0.2) is 7.28 Å². The van der Waals surface area contributed by atoms with Gasteiger partial charge in [0.05, 0.1) is 11.4 Å². The maximum absolute atomic E-state index is 4.07. The van der Waals surface area contributed by atoms with Crippen molar-refractivity contribution in [2.75, 3.05) is 10.2 Å². The summed E-state index contributed by atoms with van der Waals surface area (Å²) in [6.07, 6.45) is 10.4. The van der Waals surface area contributed by atoms with Crippen molar-refractivity contribution in [1.82, 2.24) is 0 Å². The predicted octanol–water partition coefficient (Wildman–Crippen LogP) is 14.9. The molecule has 0 amide bonds. The highest BCUT2D eigenvalue weighted by Crippen LogP contribution is 2.55. The normalized spacial score (nSPS) is 15.2. The first kappa shape index (κ1) is 41.9. The van der Waals surface area contributed by atoms with Gasteiger partial charge in [-0.05, 0) is 119 Å². The van der Waals surface area contributed by atoms with E-state index in [0.29, 0.717) is 0 Å². The summed E-state index contributed by atoms with van der Waals surface area (Å²) in [4.78, 5) is 2.53. The van der Waals surface area contributed by atoms with Gasteiger partial charge in [0.1, 0.15) is 0 Å². The third-order valence-electron chi connectivity index (χ3n) is 14.1. The molecule has 8 aromatic rings. The summed E-state index contributed by atoms with van der Waals surface area (Å²) < 4.78 is 0. The minimum absolute atomic E-state index is 0.213. The SMILES string of the molecule is C/C=C\C=C/Cc1ccccc1C1(CC)c2ccccc2Nc2c(-c3cc(C)cc4c3[B]c3cc(C(C)(C)c5ccccc5C)ccc3N4c3ccccc3-c3ccccc3)cccc21. The first-order valence-corrected chi connectivity index (χ1v) is 23.3. The fraction of sp³-hybridized carbons (Fsp3) is 0.161.